The zero-order valence-corrected chi connectivity index (χ0v) is 10.1. The minimum absolute atomic E-state index is 0.0999. The van der Waals surface area contributed by atoms with E-state index in [0.29, 0.717) is 6.42 Å². The molecular formula is C13H19NO2. The number of carbonyl (C=O) groups is 1. The zero-order valence-electron chi connectivity index (χ0n) is 10.1. The molecule has 3 nitrogen and oxygen atoms in total. The highest BCUT2D eigenvalue weighted by Gasteiger charge is 2.13. The van der Waals surface area contributed by atoms with Crippen molar-refractivity contribution in [1.29, 1.82) is 0 Å². The standard InChI is InChI=1S/C13H19NO2/c1-4-14-13(10(2)15)9-11-6-5-7-12(8-11)16-3/h5-8,13-14H,4,9H2,1-3H3/t13-/m0/s1. The number of hydrogen-bond donors (Lipinski definition) is 1. The van der Waals surface area contributed by atoms with Gasteiger partial charge in [-0.05, 0) is 37.6 Å². The Morgan fingerprint density at radius 3 is 2.81 bits per heavy atom. The summed E-state index contributed by atoms with van der Waals surface area (Å²) in [6.45, 7) is 4.42. The number of likely N-dealkylation sites (N-methyl/N-ethyl adjacent to an activating group) is 1. The Hall–Kier alpha value is -1.35. The molecule has 0 amide bonds. The van der Waals surface area contributed by atoms with Crippen molar-refractivity contribution in [1.82, 2.24) is 5.32 Å². The highest BCUT2D eigenvalue weighted by Crippen LogP contribution is 2.14. The van der Waals surface area contributed by atoms with Gasteiger partial charge in [-0.1, -0.05) is 19.1 Å². The van der Waals surface area contributed by atoms with Crippen LogP contribution in [0.2, 0.25) is 0 Å². The third-order valence-electron chi connectivity index (χ3n) is 2.52. The van der Waals surface area contributed by atoms with Gasteiger partial charge in [-0.25, -0.2) is 0 Å². The number of benzene rings is 1. The molecule has 1 atom stereocenters. The van der Waals surface area contributed by atoms with Crippen molar-refractivity contribution >= 4 is 5.78 Å². The summed E-state index contributed by atoms with van der Waals surface area (Å²) in [6.07, 6.45) is 0.709. The molecule has 1 aromatic rings. The molecule has 0 aliphatic rings. The van der Waals surface area contributed by atoms with Crippen LogP contribution in [0.5, 0.6) is 5.75 Å². The molecule has 0 bridgehead atoms. The molecule has 0 aliphatic heterocycles. The Morgan fingerprint density at radius 2 is 2.25 bits per heavy atom. The predicted molar refractivity (Wildman–Crippen MR) is 64.8 cm³/mol. The van der Waals surface area contributed by atoms with Crippen LogP contribution in [-0.2, 0) is 11.2 Å². The van der Waals surface area contributed by atoms with Gasteiger partial charge in [-0.2, -0.15) is 0 Å². The maximum atomic E-state index is 11.4. The van der Waals surface area contributed by atoms with Gasteiger partial charge in [-0.3, -0.25) is 4.79 Å². The molecule has 88 valence electrons. The minimum Gasteiger partial charge on any atom is -0.497 e. The smallest absolute Gasteiger partial charge is 0.147 e. The molecule has 0 heterocycles. The van der Waals surface area contributed by atoms with Crippen molar-refractivity contribution in [3.8, 4) is 5.75 Å². The van der Waals surface area contributed by atoms with Gasteiger partial charge in [0.05, 0.1) is 13.2 Å². The van der Waals surface area contributed by atoms with E-state index in [4.69, 9.17) is 4.74 Å². The minimum atomic E-state index is -0.0999. The van der Waals surface area contributed by atoms with Crippen LogP contribution in [-0.4, -0.2) is 25.5 Å². The third kappa shape index (κ3) is 3.66. The molecule has 0 aromatic heterocycles. The average Bonchev–Trinajstić information content (AvgIpc) is 2.28. The Labute approximate surface area is 96.8 Å². The van der Waals surface area contributed by atoms with E-state index in [2.05, 4.69) is 5.32 Å². The molecule has 0 aliphatic carbocycles. The first-order valence-electron chi connectivity index (χ1n) is 5.54. The molecule has 1 rings (SSSR count). The van der Waals surface area contributed by atoms with Crippen LogP contribution in [0.4, 0.5) is 0 Å². The first-order valence-corrected chi connectivity index (χ1v) is 5.54. The van der Waals surface area contributed by atoms with Crippen LogP contribution in [0.3, 0.4) is 0 Å². The number of hydrogen-bond acceptors (Lipinski definition) is 3. The van der Waals surface area contributed by atoms with E-state index >= 15 is 0 Å². The number of rotatable bonds is 6. The summed E-state index contributed by atoms with van der Waals surface area (Å²) in [5.41, 5.74) is 1.11. The van der Waals surface area contributed by atoms with Crippen LogP contribution < -0.4 is 10.1 Å². The fourth-order valence-electron chi connectivity index (χ4n) is 1.64. The lowest BCUT2D eigenvalue weighted by molar-refractivity contribution is -0.118. The molecule has 1 aromatic carbocycles. The normalized spacial score (nSPS) is 12.2. The van der Waals surface area contributed by atoms with E-state index in [1.54, 1.807) is 14.0 Å². The number of nitrogens with one attached hydrogen (secondary N) is 1. The molecule has 0 unspecified atom stereocenters. The number of methoxy groups -OCH3 is 1. The van der Waals surface area contributed by atoms with E-state index in [1.807, 2.05) is 31.2 Å². The zero-order chi connectivity index (χ0) is 12.0. The monoisotopic (exact) mass is 221 g/mol. The van der Waals surface area contributed by atoms with Crippen LogP contribution >= 0.6 is 0 Å². The lowest BCUT2D eigenvalue weighted by atomic mass is 10.0. The van der Waals surface area contributed by atoms with Gasteiger partial charge < -0.3 is 10.1 Å². The Morgan fingerprint density at radius 1 is 1.50 bits per heavy atom. The molecule has 0 saturated heterocycles. The van der Waals surface area contributed by atoms with Gasteiger partial charge >= 0.3 is 0 Å². The molecular weight excluding hydrogens is 202 g/mol. The van der Waals surface area contributed by atoms with Crippen molar-refractivity contribution in [3.63, 3.8) is 0 Å². The van der Waals surface area contributed by atoms with Crippen LogP contribution in [0.25, 0.3) is 0 Å². The van der Waals surface area contributed by atoms with Crippen LogP contribution in [0.15, 0.2) is 24.3 Å². The maximum Gasteiger partial charge on any atom is 0.147 e. The van der Waals surface area contributed by atoms with Crippen molar-refractivity contribution in [2.75, 3.05) is 13.7 Å². The molecule has 16 heavy (non-hydrogen) atoms. The quantitative estimate of drug-likeness (QED) is 0.796. The van der Waals surface area contributed by atoms with E-state index < -0.39 is 0 Å². The van der Waals surface area contributed by atoms with Gasteiger partial charge in [0, 0.05) is 0 Å². The van der Waals surface area contributed by atoms with E-state index in [0.717, 1.165) is 17.9 Å². The molecule has 0 spiro atoms. The van der Waals surface area contributed by atoms with E-state index in [1.165, 1.54) is 0 Å². The Kier molecular flexibility index (Phi) is 4.99. The lowest BCUT2D eigenvalue weighted by Gasteiger charge is -2.14. The fraction of sp³-hybridized carbons (Fsp3) is 0.462. The number of ketones is 1. The molecule has 3 heteroatoms. The van der Waals surface area contributed by atoms with Crippen LogP contribution in [0.1, 0.15) is 19.4 Å². The first kappa shape index (κ1) is 12.7. The number of ether oxygens (including phenoxy) is 1. The summed E-state index contributed by atoms with van der Waals surface area (Å²) < 4.78 is 5.15. The predicted octanol–water partition coefficient (Wildman–Crippen LogP) is 1.80. The first-order chi connectivity index (χ1) is 7.67. The van der Waals surface area contributed by atoms with Crippen molar-refractivity contribution in [3.05, 3.63) is 29.8 Å². The van der Waals surface area contributed by atoms with Gasteiger partial charge in [-0.15, -0.1) is 0 Å². The van der Waals surface area contributed by atoms with E-state index in [-0.39, 0.29) is 11.8 Å². The summed E-state index contributed by atoms with van der Waals surface area (Å²) in [5, 5.41) is 3.18. The highest BCUT2D eigenvalue weighted by molar-refractivity contribution is 5.81. The SMILES string of the molecule is CCN[C@@H](Cc1cccc(OC)c1)C(C)=O. The second-order valence-corrected chi connectivity index (χ2v) is 3.78. The average molecular weight is 221 g/mol. The lowest BCUT2D eigenvalue weighted by Crippen LogP contribution is -2.37. The molecule has 0 saturated carbocycles. The van der Waals surface area contributed by atoms with Crippen LogP contribution in [0, 0.1) is 0 Å². The maximum absolute atomic E-state index is 11.4. The van der Waals surface area contributed by atoms with E-state index in [9.17, 15) is 4.79 Å². The molecule has 0 fully saturated rings. The number of carbonyl (C=O) groups excluding carboxylic acids is 1. The van der Waals surface area contributed by atoms with Gasteiger partial charge in [0.25, 0.3) is 0 Å². The topological polar surface area (TPSA) is 38.3 Å². The van der Waals surface area contributed by atoms with Gasteiger partial charge in [0.1, 0.15) is 11.5 Å². The molecule has 0 radical (unpaired) electrons. The van der Waals surface area contributed by atoms with Crippen molar-refractivity contribution < 1.29 is 9.53 Å². The fourth-order valence-corrected chi connectivity index (χ4v) is 1.64. The summed E-state index contributed by atoms with van der Waals surface area (Å²) in [4.78, 5) is 11.4. The van der Waals surface area contributed by atoms with Gasteiger partial charge in [0.2, 0.25) is 0 Å². The van der Waals surface area contributed by atoms with Gasteiger partial charge in [0.15, 0.2) is 0 Å². The number of Topliss-reactive ketones (excluding diaryl/α,β-unsaturated/α-hetero) is 1. The second kappa shape index (κ2) is 6.28. The molecule has 1 N–H and O–H groups in total. The summed E-state index contributed by atoms with van der Waals surface area (Å²) in [5.74, 6) is 1.00. The van der Waals surface area contributed by atoms with Crippen molar-refractivity contribution in [2.45, 2.75) is 26.3 Å². The largest absolute Gasteiger partial charge is 0.497 e. The Bertz CT molecular complexity index is 350. The second-order valence-electron chi connectivity index (χ2n) is 3.78. The summed E-state index contributed by atoms with van der Waals surface area (Å²) in [7, 11) is 1.64. The third-order valence-corrected chi connectivity index (χ3v) is 2.52. The summed E-state index contributed by atoms with van der Waals surface area (Å²) >= 11 is 0. The Balaban J connectivity index is 2.72. The van der Waals surface area contributed by atoms with Crippen molar-refractivity contribution in [2.24, 2.45) is 0 Å². The highest BCUT2D eigenvalue weighted by atomic mass is 16.5. The summed E-state index contributed by atoms with van der Waals surface area (Å²) in [6, 6.07) is 7.72.